The minimum Gasteiger partial charge on any atom is -0.493 e. The molecule has 45 heavy (non-hydrogen) atoms. The first kappa shape index (κ1) is 32.8. The zero-order valence-corrected chi connectivity index (χ0v) is 27.7. The Balaban J connectivity index is 1.61. The summed E-state index contributed by atoms with van der Waals surface area (Å²) >= 11 is 12.6. The van der Waals surface area contributed by atoms with E-state index in [-0.39, 0.29) is 17.9 Å². The van der Waals surface area contributed by atoms with Crippen LogP contribution in [0.15, 0.2) is 71.7 Å². The summed E-state index contributed by atoms with van der Waals surface area (Å²) in [6.07, 6.45) is 0.0725. The number of nitrogens with zero attached hydrogens (tertiary/aromatic N) is 4. The second kappa shape index (κ2) is 13.8. The first-order valence-electron chi connectivity index (χ1n) is 15.3. The quantitative estimate of drug-likeness (QED) is 0.274. The van der Waals surface area contributed by atoms with Gasteiger partial charge in [-0.2, -0.15) is 0 Å². The molecule has 2 amide bonds. The van der Waals surface area contributed by atoms with Gasteiger partial charge in [0.15, 0.2) is 0 Å². The number of carboxylic acid groups (broad SMARTS) is 1. The number of carbonyl (C=O) groups is 2. The number of aliphatic imine (C=N–C) groups is 1. The van der Waals surface area contributed by atoms with Crippen molar-refractivity contribution in [3.8, 4) is 5.75 Å². The van der Waals surface area contributed by atoms with Crippen molar-refractivity contribution in [3.05, 3.63) is 99.0 Å². The standard InChI is InChI=1S/C35H40Cl2N4O4/c1-5-45-29-22-25(35(2,3)4)10-15-28(29)33-38-31(23-6-11-26(36)12-7-23)32(24-8-13-27(37)14-9-24)41(33)34(44)40-20-18-39(19-21-40)17-16-30(42)43/h6-15,22,31-32H,5,16-21H2,1-4H3,(H,42,43)/t31-,32+/m0/s1. The van der Waals surface area contributed by atoms with Crippen LogP contribution < -0.4 is 4.74 Å². The maximum Gasteiger partial charge on any atom is 0.326 e. The van der Waals surface area contributed by atoms with E-state index in [2.05, 4.69) is 37.8 Å². The van der Waals surface area contributed by atoms with Gasteiger partial charge in [-0.05, 0) is 65.4 Å². The molecule has 0 aromatic heterocycles. The van der Waals surface area contributed by atoms with E-state index < -0.39 is 18.1 Å². The number of aliphatic carboxylic acids is 1. The third-order valence-corrected chi connectivity index (χ3v) is 8.87. The number of halogens is 2. The molecule has 10 heteroatoms. The van der Waals surface area contributed by atoms with Gasteiger partial charge >= 0.3 is 12.0 Å². The van der Waals surface area contributed by atoms with E-state index in [0.717, 1.165) is 22.3 Å². The Hall–Kier alpha value is -3.59. The number of amides is 2. The van der Waals surface area contributed by atoms with Gasteiger partial charge in [-0.3, -0.25) is 19.6 Å². The zero-order valence-electron chi connectivity index (χ0n) is 26.2. The van der Waals surface area contributed by atoms with Crippen LogP contribution in [0, 0.1) is 0 Å². The monoisotopic (exact) mass is 650 g/mol. The Bertz CT molecular complexity index is 1550. The third-order valence-electron chi connectivity index (χ3n) is 8.37. The van der Waals surface area contributed by atoms with Crippen molar-refractivity contribution in [1.82, 2.24) is 14.7 Å². The minimum atomic E-state index is -0.826. The number of hydrogen-bond acceptors (Lipinski definition) is 5. The highest BCUT2D eigenvalue weighted by Gasteiger charge is 2.45. The van der Waals surface area contributed by atoms with Crippen molar-refractivity contribution >= 4 is 41.0 Å². The second-order valence-electron chi connectivity index (χ2n) is 12.5. The SMILES string of the molecule is CCOc1cc(C(C)(C)C)ccc1C1=N[C@@H](c2ccc(Cl)cc2)[C@@H](c2ccc(Cl)cc2)N1C(=O)N1CCN(CCC(=O)O)CC1. The van der Waals surface area contributed by atoms with E-state index in [9.17, 15) is 9.59 Å². The number of carbonyl (C=O) groups excluding carboxylic acids is 1. The highest BCUT2D eigenvalue weighted by atomic mass is 35.5. The van der Waals surface area contributed by atoms with Crippen LogP contribution in [-0.2, 0) is 10.2 Å². The molecule has 1 saturated heterocycles. The van der Waals surface area contributed by atoms with Gasteiger partial charge < -0.3 is 14.7 Å². The van der Waals surface area contributed by atoms with Crippen molar-refractivity contribution in [2.24, 2.45) is 4.99 Å². The lowest BCUT2D eigenvalue weighted by atomic mass is 9.86. The van der Waals surface area contributed by atoms with Gasteiger partial charge in [0.1, 0.15) is 17.6 Å². The molecule has 8 nitrogen and oxygen atoms in total. The van der Waals surface area contributed by atoms with E-state index in [1.807, 2.05) is 71.3 Å². The van der Waals surface area contributed by atoms with Gasteiger partial charge in [0.25, 0.3) is 0 Å². The normalized spacial score (nSPS) is 19.0. The topological polar surface area (TPSA) is 85.7 Å². The van der Waals surface area contributed by atoms with Crippen LogP contribution in [0.1, 0.15) is 68.5 Å². The summed E-state index contributed by atoms with van der Waals surface area (Å²) in [5, 5.41) is 10.4. The van der Waals surface area contributed by atoms with Crippen molar-refractivity contribution in [2.75, 3.05) is 39.3 Å². The van der Waals surface area contributed by atoms with E-state index in [4.69, 9.17) is 38.0 Å². The maximum atomic E-state index is 14.7. The molecule has 3 aromatic carbocycles. The maximum absolute atomic E-state index is 14.7. The second-order valence-corrected chi connectivity index (χ2v) is 13.3. The molecule has 0 spiro atoms. The van der Waals surface area contributed by atoms with Crippen molar-refractivity contribution in [2.45, 2.75) is 51.6 Å². The van der Waals surface area contributed by atoms with Crippen LogP contribution in [0.25, 0.3) is 0 Å². The lowest BCUT2D eigenvalue weighted by Gasteiger charge is -2.39. The summed E-state index contributed by atoms with van der Waals surface area (Å²) in [5.74, 6) is 0.386. The van der Waals surface area contributed by atoms with Gasteiger partial charge in [-0.25, -0.2) is 4.79 Å². The molecule has 5 rings (SSSR count). The summed E-state index contributed by atoms with van der Waals surface area (Å²) in [6.45, 7) is 11.5. The lowest BCUT2D eigenvalue weighted by molar-refractivity contribution is -0.137. The average molecular weight is 652 g/mol. The molecule has 1 fully saturated rings. The molecule has 238 valence electrons. The van der Waals surface area contributed by atoms with Gasteiger partial charge in [0, 0.05) is 42.8 Å². The molecule has 2 aliphatic rings. The summed E-state index contributed by atoms with van der Waals surface area (Å²) in [5.41, 5.74) is 3.58. The summed E-state index contributed by atoms with van der Waals surface area (Å²) in [6, 6.07) is 20.3. The Morgan fingerprint density at radius 2 is 1.51 bits per heavy atom. The summed E-state index contributed by atoms with van der Waals surface area (Å²) in [4.78, 5) is 36.9. The molecule has 2 atom stereocenters. The molecule has 3 aromatic rings. The zero-order chi connectivity index (χ0) is 32.3. The van der Waals surface area contributed by atoms with Gasteiger partial charge in [0.05, 0.1) is 24.6 Å². The fourth-order valence-corrected chi connectivity index (χ4v) is 6.12. The molecule has 0 bridgehead atoms. The predicted octanol–water partition coefficient (Wildman–Crippen LogP) is 7.45. The number of benzene rings is 3. The third kappa shape index (κ3) is 7.46. The predicted molar refractivity (Wildman–Crippen MR) is 179 cm³/mol. The molecule has 0 radical (unpaired) electrons. The van der Waals surface area contributed by atoms with Gasteiger partial charge in [0.2, 0.25) is 0 Å². The molecular formula is C35H40Cl2N4O4. The molecule has 0 saturated carbocycles. The van der Waals surface area contributed by atoms with Crippen molar-refractivity contribution in [3.63, 3.8) is 0 Å². The molecule has 0 unspecified atom stereocenters. The highest BCUT2D eigenvalue weighted by molar-refractivity contribution is 6.30. The average Bonchev–Trinajstić information content (AvgIpc) is 3.40. The smallest absolute Gasteiger partial charge is 0.326 e. The molecule has 0 aliphatic carbocycles. The Kier molecular flexibility index (Phi) is 10.1. The van der Waals surface area contributed by atoms with E-state index in [1.165, 1.54) is 0 Å². The van der Waals surface area contributed by atoms with Gasteiger partial charge in [-0.15, -0.1) is 0 Å². The number of hydrogen-bond donors (Lipinski definition) is 1. The number of rotatable bonds is 8. The number of carboxylic acids is 1. The Morgan fingerprint density at radius 1 is 0.911 bits per heavy atom. The molecule has 2 aliphatic heterocycles. The van der Waals surface area contributed by atoms with E-state index in [1.54, 1.807) is 0 Å². The molecule has 1 N–H and O–H groups in total. The number of piperazine rings is 1. The first-order valence-corrected chi connectivity index (χ1v) is 16.1. The summed E-state index contributed by atoms with van der Waals surface area (Å²) < 4.78 is 6.21. The highest BCUT2D eigenvalue weighted by Crippen LogP contribution is 2.46. The molecule has 2 heterocycles. The lowest BCUT2D eigenvalue weighted by Crippen LogP contribution is -2.54. The number of ether oxygens (including phenoxy) is 1. The van der Waals surface area contributed by atoms with Crippen LogP contribution in [0.3, 0.4) is 0 Å². The fourth-order valence-electron chi connectivity index (χ4n) is 5.87. The van der Waals surface area contributed by atoms with E-state index in [0.29, 0.717) is 61.0 Å². The molecular weight excluding hydrogens is 611 g/mol. The summed E-state index contributed by atoms with van der Waals surface area (Å²) in [7, 11) is 0. The van der Waals surface area contributed by atoms with Crippen LogP contribution in [0.2, 0.25) is 10.0 Å². The van der Waals surface area contributed by atoms with Crippen LogP contribution in [0.4, 0.5) is 4.79 Å². The van der Waals surface area contributed by atoms with Gasteiger partial charge in [-0.1, -0.05) is 74.3 Å². The van der Waals surface area contributed by atoms with Crippen molar-refractivity contribution < 1.29 is 19.4 Å². The van der Waals surface area contributed by atoms with Crippen molar-refractivity contribution in [1.29, 1.82) is 0 Å². The first-order chi connectivity index (χ1) is 21.5. The number of urea groups is 1. The number of amidine groups is 1. The largest absolute Gasteiger partial charge is 0.493 e. The Morgan fingerprint density at radius 3 is 2.07 bits per heavy atom. The van der Waals surface area contributed by atoms with E-state index >= 15 is 0 Å². The Labute approximate surface area is 275 Å². The minimum absolute atomic E-state index is 0.0725. The van der Waals surface area contributed by atoms with Crippen LogP contribution >= 0.6 is 23.2 Å². The van der Waals surface area contributed by atoms with Crippen LogP contribution in [-0.4, -0.2) is 77.0 Å². The fraction of sp³-hybridized carbons (Fsp3) is 0.400. The van der Waals surface area contributed by atoms with Crippen LogP contribution in [0.5, 0.6) is 5.75 Å².